The summed E-state index contributed by atoms with van der Waals surface area (Å²) in [5.74, 6) is -0.0805. The Balaban J connectivity index is 1.78. The Hall–Kier alpha value is -4.14. The smallest absolute Gasteiger partial charge is 0.280 e. The summed E-state index contributed by atoms with van der Waals surface area (Å²) >= 11 is 1.44. The second-order valence-electron chi connectivity index (χ2n) is 8.03. The molecule has 0 radical (unpaired) electrons. The van der Waals surface area contributed by atoms with Crippen LogP contribution in [0.15, 0.2) is 90.3 Å². The van der Waals surface area contributed by atoms with Gasteiger partial charge in [0.2, 0.25) is 0 Å². The molecule has 2 amide bonds. The fourth-order valence-electron chi connectivity index (χ4n) is 3.77. The number of benzene rings is 3. The lowest BCUT2D eigenvalue weighted by Gasteiger charge is -2.32. The van der Waals surface area contributed by atoms with Crippen LogP contribution in [0, 0.1) is 6.92 Å². The van der Waals surface area contributed by atoms with Crippen LogP contribution < -0.4 is 19.9 Å². The summed E-state index contributed by atoms with van der Waals surface area (Å²) in [6.07, 6.45) is 0. The number of anilines is 1. The standard InChI is InChI=1S/C28H26N2O5S/c1-19-17-20(18-36-19)26(31)30(23-7-5-4-6-8-23)29-27(32)28(33,21-9-13-24(34-2)14-10-21)22-11-15-25(35-3)16-12-22/h4-18,33H,1-3H3,(H,29,32). The molecule has 36 heavy (non-hydrogen) atoms. The van der Waals surface area contributed by atoms with Gasteiger partial charge in [-0.2, -0.15) is 0 Å². The number of carbonyl (C=O) groups excluding carboxylic acids is 2. The quantitative estimate of drug-likeness (QED) is 0.358. The van der Waals surface area contributed by atoms with E-state index in [1.54, 1.807) is 84.2 Å². The maximum Gasteiger partial charge on any atom is 0.280 e. The van der Waals surface area contributed by atoms with E-state index in [9.17, 15) is 14.7 Å². The van der Waals surface area contributed by atoms with Crippen molar-refractivity contribution in [3.8, 4) is 11.5 Å². The van der Waals surface area contributed by atoms with E-state index in [-0.39, 0.29) is 0 Å². The zero-order chi connectivity index (χ0) is 25.7. The molecule has 0 aliphatic carbocycles. The monoisotopic (exact) mass is 502 g/mol. The van der Waals surface area contributed by atoms with E-state index in [0.29, 0.717) is 33.9 Å². The number of ether oxygens (including phenoxy) is 2. The average Bonchev–Trinajstić information content (AvgIpc) is 3.37. The second kappa shape index (κ2) is 10.6. The number of hydrazine groups is 1. The SMILES string of the molecule is COc1ccc(C(O)(C(=O)NN(C(=O)c2csc(C)c2)c2ccccc2)c2ccc(OC)cc2)cc1. The van der Waals surface area contributed by atoms with E-state index in [4.69, 9.17) is 9.47 Å². The van der Waals surface area contributed by atoms with Crippen molar-refractivity contribution in [2.45, 2.75) is 12.5 Å². The molecule has 0 spiro atoms. The molecule has 0 unspecified atom stereocenters. The minimum absolute atomic E-state index is 0.304. The highest BCUT2D eigenvalue weighted by atomic mass is 32.1. The molecule has 4 rings (SSSR count). The second-order valence-corrected chi connectivity index (χ2v) is 9.15. The molecule has 184 valence electrons. The van der Waals surface area contributed by atoms with Crippen LogP contribution in [0.25, 0.3) is 0 Å². The summed E-state index contributed by atoms with van der Waals surface area (Å²) in [4.78, 5) is 28.3. The first-order valence-corrected chi connectivity index (χ1v) is 12.0. The number of rotatable bonds is 7. The zero-order valence-electron chi connectivity index (χ0n) is 20.1. The van der Waals surface area contributed by atoms with Crippen LogP contribution in [0.1, 0.15) is 26.4 Å². The Morgan fingerprint density at radius 3 is 1.83 bits per heavy atom. The summed E-state index contributed by atoms with van der Waals surface area (Å²) in [6, 6.07) is 23.6. The van der Waals surface area contributed by atoms with Gasteiger partial charge in [-0.25, -0.2) is 5.01 Å². The van der Waals surface area contributed by atoms with Gasteiger partial charge in [-0.1, -0.05) is 42.5 Å². The Bertz CT molecular complexity index is 1290. The number of thiophene rings is 1. The van der Waals surface area contributed by atoms with Crippen molar-refractivity contribution in [3.63, 3.8) is 0 Å². The van der Waals surface area contributed by atoms with Crippen LogP contribution in [0.3, 0.4) is 0 Å². The molecule has 0 fully saturated rings. The van der Waals surface area contributed by atoms with Crippen LogP contribution in [-0.2, 0) is 10.4 Å². The molecular weight excluding hydrogens is 476 g/mol. The normalized spacial score (nSPS) is 11.0. The van der Waals surface area contributed by atoms with Crippen molar-refractivity contribution in [2.75, 3.05) is 19.2 Å². The highest BCUT2D eigenvalue weighted by molar-refractivity contribution is 7.10. The maximum absolute atomic E-state index is 13.9. The van der Waals surface area contributed by atoms with Gasteiger partial charge in [-0.3, -0.25) is 15.0 Å². The minimum atomic E-state index is -2.13. The molecule has 2 N–H and O–H groups in total. The minimum Gasteiger partial charge on any atom is -0.497 e. The van der Waals surface area contributed by atoms with Crippen LogP contribution in [0.4, 0.5) is 5.69 Å². The largest absolute Gasteiger partial charge is 0.497 e. The molecule has 8 heteroatoms. The van der Waals surface area contributed by atoms with Crippen molar-refractivity contribution in [2.24, 2.45) is 0 Å². The lowest BCUT2D eigenvalue weighted by molar-refractivity contribution is -0.136. The van der Waals surface area contributed by atoms with Gasteiger partial charge in [0.05, 0.1) is 25.5 Å². The zero-order valence-corrected chi connectivity index (χ0v) is 20.9. The fourth-order valence-corrected chi connectivity index (χ4v) is 4.45. The Morgan fingerprint density at radius 2 is 1.39 bits per heavy atom. The third kappa shape index (κ3) is 4.95. The number of nitrogens with zero attached hydrogens (tertiary/aromatic N) is 1. The molecule has 7 nitrogen and oxygen atoms in total. The van der Waals surface area contributed by atoms with Gasteiger partial charge in [-0.05, 0) is 60.5 Å². The molecule has 0 bridgehead atoms. The van der Waals surface area contributed by atoms with Crippen molar-refractivity contribution in [3.05, 3.63) is 112 Å². The predicted molar refractivity (Wildman–Crippen MR) is 139 cm³/mol. The summed E-state index contributed by atoms with van der Waals surface area (Å²) in [7, 11) is 3.07. The van der Waals surface area contributed by atoms with Crippen molar-refractivity contribution < 1.29 is 24.2 Å². The number of aryl methyl sites for hydroxylation is 1. The van der Waals surface area contributed by atoms with Gasteiger partial charge in [0.15, 0.2) is 5.60 Å². The number of amides is 2. The van der Waals surface area contributed by atoms with Gasteiger partial charge in [0, 0.05) is 10.3 Å². The van der Waals surface area contributed by atoms with E-state index in [2.05, 4.69) is 5.43 Å². The highest BCUT2D eigenvalue weighted by Gasteiger charge is 2.42. The number of methoxy groups -OCH3 is 2. The van der Waals surface area contributed by atoms with Gasteiger partial charge >= 0.3 is 0 Å². The molecule has 0 saturated carbocycles. The molecule has 4 aromatic rings. The topological polar surface area (TPSA) is 88.1 Å². The molecule has 0 saturated heterocycles. The van der Waals surface area contributed by atoms with Crippen molar-refractivity contribution in [1.82, 2.24) is 5.43 Å². The fraction of sp³-hybridized carbons (Fsp3) is 0.143. The molecule has 3 aromatic carbocycles. The number of hydrogen-bond donors (Lipinski definition) is 2. The van der Waals surface area contributed by atoms with Crippen molar-refractivity contribution >= 4 is 28.8 Å². The van der Waals surface area contributed by atoms with Crippen LogP contribution in [-0.4, -0.2) is 31.1 Å². The van der Waals surface area contributed by atoms with E-state index in [1.807, 2.05) is 13.0 Å². The highest BCUT2D eigenvalue weighted by Crippen LogP contribution is 2.33. The Morgan fingerprint density at radius 1 is 0.861 bits per heavy atom. The molecule has 1 heterocycles. The summed E-state index contributed by atoms with van der Waals surface area (Å²) in [6.45, 7) is 1.90. The summed E-state index contributed by atoms with van der Waals surface area (Å²) < 4.78 is 10.5. The number of hydrogen-bond acceptors (Lipinski definition) is 6. The molecule has 0 aliphatic rings. The molecule has 0 aliphatic heterocycles. The van der Waals surface area contributed by atoms with E-state index in [0.717, 1.165) is 9.89 Å². The first-order chi connectivity index (χ1) is 17.4. The number of para-hydroxylation sites is 1. The predicted octanol–water partition coefficient (Wildman–Crippen LogP) is 4.69. The number of aliphatic hydroxyl groups is 1. The molecule has 0 atom stereocenters. The van der Waals surface area contributed by atoms with E-state index >= 15 is 0 Å². The maximum atomic E-state index is 13.9. The van der Waals surface area contributed by atoms with E-state index < -0.39 is 17.4 Å². The van der Waals surface area contributed by atoms with Crippen LogP contribution in [0.2, 0.25) is 0 Å². The lowest BCUT2D eigenvalue weighted by Crippen LogP contribution is -2.54. The lowest BCUT2D eigenvalue weighted by atomic mass is 9.85. The number of nitrogens with one attached hydrogen (secondary N) is 1. The van der Waals surface area contributed by atoms with Crippen LogP contribution in [0.5, 0.6) is 11.5 Å². The Kier molecular flexibility index (Phi) is 7.38. The first-order valence-electron chi connectivity index (χ1n) is 11.1. The third-order valence-corrected chi connectivity index (χ3v) is 6.61. The van der Waals surface area contributed by atoms with E-state index in [1.165, 1.54) is 25.6 Å². The van der Waals surface area contributed by atoms with Gasteiger partial charge in [0.25, 0.3) is 11.8 Å². The van der Waals surface area contributed by atoms with Gasteiger partial charge < -0.3 is 14.6 Å². The average molecular weight is 503 g/mol. The Labute approximate surface area is 213 Å². The number of carbonyl (C=O) groups is 2. The van der Waals surface area contributed by atoms with Gasteiger partial charge in [0.1, 0.15) is 11.5 Å². The summed E-state index contributed by atoms with van der Waals surface area (Å²) in [5, 5.41) is 14.9. The summed E-state index contributed by atoms with van der Waals surface area (Å²) in [5.41, 5.74) is 2.03. The first kappa shape index (κ1) is 25.0. The van der Waals surface area contributed by atoms with Gasteiger partial charge in [-0.15, -0.1) is 11.3 Å². The molecule has 1 aromatic heterocycles. The van der Waals surface area contributed by atoms with Crippen molar-refractivity contribution in [1.29, 1.82) is 0 Å². The molecular formula is C28H26N2O5S. The third-order valence-electron chi connectivity index (χ3n) is 5.75. The van der Waals surface area contributed by atoms with Crippen LogP contribution >= 0.6 is 11.3 Å².